The highest BCUT2D eigenvalue weighted by Gasteiger charge is 2.29. The molecule has 1 saturated heterocycles. The van der Waals surface area contributed by atoms with Gasteiger partial charge in [0.25, 0.3) is 11.8 Å². The SMILES string of the molecule is CC1CCC(C)N(C(=O)c2cc(-c3ccco3)n3cnc(C(N)=O)c3n2)C1. The molecule has 2 unspecified atom stereocenters. The molecule has 140 valence electrons. The predicted octanol–water partition coefficient (Wildman–Crippen LogP) is 2.35. The van der Waals surface area contributed by atoms with Crippen molar-refractivity contribution in [3.05, 3.63) is 42.2 Å². The monoisotopic (exact) mass is 367 g/mol. The number of carbonyl (C=O) groups excluding carboxylic acids is 2. The molecule has 4 rings (SSSR count). The summed E-state index contributed by atoms with van der Waals surface area (Å²) in [7, 11) is 0. The molecule has 1 aliphatic heterocycles. The van der Waals surface area contributed by atoms with Crippen molar-refractivity contribution in [3.8, 4) is 11.5 Å². The lowest BCUT2D eigenvalue weighted by Crippen LogP contribution is -2.45. The molecule has 2 atom stereocenters. The minimum absolute atomic E-state index is 0.0255. The Balaban J connectivity index is 1.86. The molecule has 2 amide bonds. The number of furan rings is 1. The Morgan fingerprint density at radius 2 is 2.11 bits per heavy atom. The van der Waals surface area contributed by atoms with Gasteiger partial charge in [0, 0.05) is 12.6 Å². The van der Waals surface area contributed by atoms with E-state index in [0.717, 1.165) is 12.8 Å². The lowest BCUT2D eigenvalue weighted by Gasteiger charge is -2.36. The normalized spacial score (nSPS) is 20.1. The molecule has 0 saturated carbocycles. The van der Waals surface area contributed by atoms with Crippen LogP contribution in [0.3, 0.4) is 0 Å². The number of imidazole rings is 1. The summed E-state index contributed by atoms with van der Waals surface area (Å²) in [6, 6.07) is 5.34. The average molecular weight is 367 g/mol. The number of amides is 2. The van der Waals surface area contributed by atoms with E-state index in [0.29, 0.717) is 23.9 Å². The van der Waals surface area contributed by atoms with Gasteiger partial charge in [0.05, 0.1) is 12.0 Å². The van der Waals surface area contributed by atoms with Crippen molar-refractivity contribution in [3.63, 3.8) is 0 Å². The van der Waals surface area contributed by atoms with Crippen LogP contribution < -0.4 is 5.73 Å². The highest BCUT2D eigenvalue weighted by Crippen LogP contribution is 2.26. The first-order valence-electron chi connectivity index (χ1n) is 8.98. The fourth-order valence-corrected chi connectivity index (χ4v) is 3.59. The number of rotatable bonds is 3. The molecule has 0 aromatic carbocycles. The van der Waals surface area contributed by atoms with Crippen LogP contribution in [-0.2, 0) is 0 Å². The van der Waals surface area contributed by atoms with Crippen molar-refractivity contribution in [1.82, 2.24) is 19.3 Å². The number of hydrogen-bond acceptors (Lipinski definition) is 5. The van der Waals surface area contributed by atoms with Gasteiger partial charge >= 0.3 is 0 Å². The van der Waals surface area contributed by atoms with Crippen LogP contribution in [0.15, 0.2) is 35.2 Å². The molecule has 0 aliphatic carbocycles. The molecule has 27 heavy (non-hydrogen) atoms. The van der Waals surface area contributed by atoms with Gasteiger partial charge in [0.1, 0.15) is 12.0 Å². The van der Waals surface area contributed by atoms with Crippen LogP contribution in [0, 0.1) is 5.92 Å². The summed E-state index contributed by atoms with van der Waals surface area (Å²) in [6.45, 7) is 4.87. The molecule has 0 spiro atoms. The molecule has 0 bridgehead atoms. The topological polar surface area (TPSA) is 107 Å². The number of hydrogen-bond donors (Lipinski definition) is 1. The van der Waals surface area contributed by atoms with Gasteiger partial charge < -0.3 is 15.1 Å². The summed E-state index contributed by atoms with van der Waals surface area (Å²) in [5, 5.41) is 0. The summed E-state index contributed by atoms with van der Waals surface area (Å²) in [4.78, 5) is 35.3. The molecule has 1 aliphatic rings. The Bertz CT molecular complexity index is 1010. The summed E-state index contributed by atoms with van der Waals surface area (Å²) >= 11 is 0. The van der Waals surface area contributed by atoms with E-state index >= 15 is 0 Å². The number of carbonyl (C=O) groups is 2. The number of likely N-dealkylation sites (tertiary alicyclic amines) is 1. The van der Waals surface area contributed by atoms with Crippen LogP contribution in [0.4, 0.5) is 0 Å². The molecule has 8 nitrogen and oxygen atoms in total. The van der Waals surface area contributed by atoms with Crippen LogP contribution in [-0.4, -0.2) is 43.7 Å². The van der Waals surface area contributed by atoms with Gasteiger partial charge in [-0.05, 0) is 43.9 Å². The van der Waals surface area contributed by atoms with Crippen molar-refractivity contribution in [2.24, 2.45) is 11.7 Å². The van der Waals surface area contributed by atoms with E-state index in [2.05, 4.69) is 16.9 Å². The number of piperidine rings is 1. The molecular formula is C19H21N5O3. The van der Waals surface area contributed by atoms with Crippen LogP contribution in [0.25, 0.3) is 17.1 Å². The second-order valence-electron chi connectivity index (χ2n) is 7.14. The highest BCUT2D eigenvalue weighted by molar-refractivity contribution is 5.99. The maximum absolute atomic E-state index is 13.2. The molecule has 8 heteroatoms. The lowest BCUT2D eigenvalue weighted by molar-refractivity contribution is 0.0568. The zero-order valence-corrected chi connectivity index (χ0v) is 15.3. The number of nitrogens with zero attached hydrogens (tertiary/aromatic N) is 4. The van der Waals surface area contributed by atoms with Gasteiger partial charge in [-0.3, -0.25) is 14.0 Å². The Morgan fingerprint density at radius 3 is 2.81 bits per heavy atom. The van der Waals surface area contributed by atoms with Crippen LogP contribution in [0.1, 0.15) is 47.7 Å². The second kappa shape index (κ2) is 6.53. The summed E-state index contributed by atoms with van der Waals surface area (Å²) < 4.78 is 7.11. The zero-order chi connectivity index (χ0) is 19.1. The van der Waals surface area contributed by atoms with Gasteiger partial charge in [-0.1, -0.05) is 6.92 Å². The number of fused-ring (bicyclic) bond motifs is 1. The van der Waals surface area contributed by atoms with E-state index in [1.165, 1.54) is 6.33 Å². The molecule has 0 radical (unpaired) electrons. The summed E-state index contributed by atoms with van der Waals surface area (Å²) in [5.41, 5.74) is 6.54. The molecular weight excluding hydrogens is 346 g/mol. The smallest absolute Gasteiger partial charge is 0.272 e. The maximum atomic E-state index is 13.2. The van der Waals surface area contributed by atoms with Gasteiger partial charge in [-0.25, -0.2) is 9.97 Å². The average Bonchev–Trinajstić information content (AvgIpc) is 3.31. The molecule has 3 aromatic rings. The predicted molar refractivity (Wildman–Crippen MR) is 98.1 cm³/mol. The highest BCUT2D eigenvalue weighted by atomic mass is 16.3. The van der Waals surface area contributed by atoms with E-state index in [4.69, 9.17) is 10.2 Å². The zero-order valence-electron chi connectivity index (χ0n) is 15.3. The van der Waals surface area contributed by atoms with Crippen molar-refractivity contribution in [1.29, 1.82) is 0 Å². The first kappa shape index (κ1) is 17.3. The van der Waals surface area contributed by atoms with E-state index in [-0.39, 0.29) is 29.0 Å². The number of nitrogens with two attached hydrogens (primary N) is 1. The molecule has 4 heterocycles. The second-order valence-corrected chi connectivity index (χ2v) is 7.14. The number of primary amides is 1. The summed E-state index contributed by atoms with van der Waals surface area (Å²) in [6.07, 6.45) is 5.06. The fourth-order valence-electron chi connectivity index (χ4n) is 3.59. The van der Waals surface area contributed by atoms with Crippen LogP contribution in [0.5, 0.6) is 0 Å². The lowest BCUT2D eigenvalue weighted by atomic mass is 9.95. The van der Waals surface area contributed by atoms with Crippen molar-refractivity contribution in [2.75, 3.05) is 6.54 Å². The third-order valence-electron chi connectivity index (χ3n) is 5.11. The minimum Gasteiger partial charge on any atom is -0.463 e. The molecule has 1 fully saturated rings. The maximum Gasteiger partial charge on any atom is 0.272 e. The molecule has 3 aromatic heterocycles. The van der Waals surface area contributed by atoms with Gasteiger partial charge in [-0.2, -0.15) is 0 Å². The quantitative estimate of drug-likeness (QED) is 0.765. The summed E-state index contributed by atoms with van der Waals surface area (Å²) in [5.74, 6) is 0.125. The largest absolute Gasteiger partial charge is 0.463 e. The Hall–Kier alpha value is -3.16. The van der Waals surface area contributed by atoms with E-state index in [1.807, 2.05) is 11.8 Å². The third-order valence-corrected chi connectivity index (χ3v) is 5.11. The van der Waals surface area contributed by atoms with Crippen molar-refractivity contribution >= 4 is 17.5 Å². The molecule has 2 N–H and O–H groups in total. The van der Waals surface area contributed by atoms with Gasteiger partial charge in [-0.15, -0.1) is 0 Å². The first-order chi connectivity index (χ1) is 13.0. The van der Waals surface area contributed by atoms with E-state index in [9.17, 15) is 9.59 Å². The Kier molecular flexibility index (Phi) is 4.18. The van der Waals surface area contributed by atoms with E-state index < -0.39 is 5.91 Å². The first-order valence-corrected chi connectivity index (χ1v) is 8.98. The number of aromatic nitrogens is 3. The minimum atomic E-state index is -0.694. The standard InChI is InChI=1S/C19H21N5O3/c1-11-5-6-12(2)23(9-11)19(26)13-8-14(15-4-3-7-27-15)24-10-21-16(17(20)25)18(24)22-13/h3-4,7-8,10-12H,5-6,9H2,1-2H3,(H2,20,25). The van der Waals surface area contributed by atoms with Gasteiger partial charge in [0.15, 0.2) is 17.1 Å². The fraction of sp³-hybridized carbons (Fsp3) is 0.368. The van der Waals surface area contributed by atoms with Crippen molar-refractivity contribution < 1.29 is 14.0 Å². The Morgan fingerprint density at radius 1 is 1.30 bits per heavy atom. The van der Waals surface area contributed by atoms with Crippen molar-refractivity contribution in [2.45, 2.75) is 32.7 Å². The Labute approximate surface area is 156 Å². The van der Waals surface area contributed by atoms with Crippen LogP contribution >= 0.6 is 0 Å². The van der Waals surface area contributed by atoms with Gasteiger partial charge in [0.2, 0.25) is 0 Å². The van der Waals surface area contributed by atoms with E-state index in [1.54, 1.807) is 28.9 Å². The third kappa shape index (κ3) is 2.97. The van der Waals surface area contributed by atoms with Crippen LogP contribution in [0.2, 0.25) is 0 Å².